The first kappa shape index (κ1) is 15.9. The number of nitrogens with two attached hydrogens (primary N) is 1. The van der Waals surface area contributed by atoms with E-state index in [2.05, 4.69) is 45.6 Å². The summed E-state index contributed by atoms with van der Waals surface area (Å²) in [5, 5.41) is 0. The van der Waals surface area contributed by atoms with Crippen LogP contribution in [0.3, 0.4) is 0 Å². The Kier molecular flexibility index (Phi) is 5.33. The summed E-state index contributed by atoms with van der Waals surface area (Å²) in [6.45, 7) is 0. The van der Waals surface area contributed by atoms with E-state index in [4.69, 9.17) is 5.84 Å². The third-order valence-electron chi connectivity index (χ3n) is 3.44. The number of rotatable bonds is 5. The largest absolute Gasteiger partial charge is 0.378 e. The Labute approximate surface area is 133 Å². The van der Waals surface area contributed by atoms with Crippen molar-refractivity contribution in [2.24, 2.45) is 5.84 Å². The fourth-order valence-corrected chi connectivity index (χ4v) is 2.61. The molecule has 0 amide bonds. The normalized spacial score (nSPS) is 12.2. The van der Waals surface area contributed by atoms with Gasteiger partial charge < -0.3 is 4.90 Å². The first-order valence-corrected chi connectivity index (χ1v) is 7.48. The minimum atomic E-state index is -0.258. The van der Waals surface area contributed by atoms with Gasteiger partial charge in [0.1, 0.15) is 5.82 Å². The zero-order valence-corrected chi connectivity index (χ0v) is 13.7. The number of benzene rings is 2. The molecule has 0 aliphatic carbocycles. The maximum atomic E-state index is 13.3. The highest BCUT2D eigenvalue weighted by atomic mass is 79.9. The number of hydrogen-bond acceptors (Lipinski definition) is 3. The fraction of sp³-hybridized carbons (Fsp3) is 0.250. The molecule has 2 aromatic rings. The lowest BCUT2D eigenvalue weighted by Crippen LogP contribution is -2.29. The van der Waals surface area contributed by atoms with Crippen LogP contribution in [0.15, 0.2) is 46.9 Å². The van der Waals surface area contributed by atoms with Crippen LogP contribution in [0.25, 0.3) is 0 Å². The number of anilines is 1. The Hall–Kier alpha value is -1.43. The van der Waals surface area contributed by atoms with Crippen LogP contribution in [0.1, 0.15) is 17.2 Å². The Balaban J connectivity index is 2.17. The lowest BCUT2D eigenvalue weighted by atomic mass is 9.99. The van der Waals surface area contributed by atoms with Crippen LogP contribution in [-0.2, 0) is 6.42 Å². The van der Waals surface area contributed by atoms with E-state index < -0.39 is 0 Å². The molecule has 21 heavy (non-hydrogen) atoms. The number of hydrazine groups is 1. The highest BCUT2D eigenvalue weighted by Gasteiger charge is 2.12. The summed E-state index contributed by atoms with van der Waals surface area (Å²) < 4.78 is 13.7. The molecule has 0 bridgehead atoms. The lowest BCUT2D eigenvalue weighted by Gasteiger charge is -2.19. The molecule has 2 rings (SSSR count). The molecule has 5 heteroatoms. The predicted octanol–water partition coefficient (Wildman–Crippen LogP) is 3.40. The van der Waals surface area contributed by atoms with Gasteiger partial charge in [-0.3, -0.25) is 11.3 Å². The van der Waals surface area contributed by atoms with E-state index in [0.29, 0.717) is 10.9 Å². The van der Waals surface area contributed by atoms with Crippen molar-refractivity contribution in [1.82, 2.24) is 5.43 Å². The minimum Gasteiger partial charge on any atom is -0.378 e. The molecule has 1 atom stereocenters. The Bertz CT molecular complexity index is 599. The molecule has 2 aromatic carbocycles. The van der Waals surface area contributed by atoms with Crippen LogP contribution in [0.5, 0.6) is 0 Å². The first-order chi connectivity index (χ1) is 10.0. The average Bonchev–Trinajstić information content (AvgIpc) is 2.48. The second-order valence-corrected chi connectivity index (χ2v) is 6.01. The molecule has 0 fully saturated rings. The third kappa shape index (κ3) is 4.03. The molecule has 0 aromatic heterocycles. The third-order valence-corrected chi connectivity index (χ3v) is 4.04. The van der Waals surface area contributed by atoms with Gasteiger partial charge in [0.2, 0.25) is 0 Å². The molecule has 0 saturated heterocycles. The van der Waals surface area contributed by atoms with Crippen molar-refractivity contribution in [3.63, 3.8) is 0 Å². The van der Waals surface area contributed by atoms with Crippen molar-refractivity contribution < 1.29 is 4.39 Å². The monoisotopic (exact) mass is 351 g/mol. The van der Waals surface area contributed by atoms with Gasteiger partial charge in [-0.05, 0) is 57.7 Å². The predicted molar refractivity (Wildman–Crippen MR) is 88.6 cm³/mol. The number of hydrogen-bond donors (Lipinski definition) is 2. The standard InChI is InChI=1S/C16H19BrFN3/c1-21(2)13-6-4-12(5-7-13)16(20-19)10-11-3-8-15(18)14(17)9-11/h3-9,16,20H,10,19H2,1-2H3. The molecule has 112 valence electrons. The first-order valence-electron chi connectivity index (χ1n) is 6.68. The number of nitrogens with one attached hydrogen (secondary N) is 1. The lowest BCUT2D eigenvalue weighted by molar-refractivity contribution is 0.550. The van der Waals surface area contributed by atoms with Gasteiger partial charge >= 0.3 is 0 Å². The molecule has 3 nitrogen and oxygen atoms in total. The van der Waals surface area contributed by atoms with Gasteiger partial charge in [-0.1, -0.05) is 18.2 Å². The van der Waals surface area contributed by atoms with Crippen molar-refractivity contribution >= 4 is 21.6 Å². The summed E-state index contributed by atoms with van der Waals surface area (Å²) in [5.74, 6) is 5.41. The molecule has 0 saturated carbocycles. The maximum Gasteiger partial charge on any atom is 0.137 e. The molecule has 0 aliphatic rings. The maximum absolute atomic E-state index is 13.3. The van der Waals surface area contributed by atoms with Crippen molar-refractivity contribution in [2.45, 2.75) is 12.5 Å². The summed E-state index contributed by atoms with van der Waals surface area (Å²) in [6, 6.07) is 13.2. The summed E-state index contributed by atoms with van der Waals surface area (Å²) in [6.07, 6.45) is 0.691. The highest BCUT2D eigenvalue weighted by molar-refractivity contribution is 9.10. The zero-order chi connectivity index (χ0) is 15.4. The van der Waals surface area contributed by atoms with Gasteiger partial charge in [0.25, 0.3) is 0 Å². The number of nitrogens with zero attached hydrogens (tertiary/aromatic N) is 1. The van der Waals surface area contributed by atoms with Crippen LogP contribution < -0.4 is 16.2 Å². The second kappa shape index (κ2) is 7.02. The van der Waals surface area contributed by atoms with Crippen LogP contribution in [0, 0.1) is 5.82 Å². The molecule has 0 radical (unpaired) electrons. The van der Waals surface area contributed by atoms with Crippen molar-refractivity contribution in [3.05, 3.63) is 63.9 Å². The van der Waals surface area contributed by atoms with Gasteiger partial charge in [-0.2, -0.15) is 0 Å². The smallest absolute Gasteiger partial charge is 0.137 e. The van der Waals surface area contributed by atoms with Crippen LogP contribution >= 0.6 is 15.9 Å². The molecular formula is C16H19BrFN3. The van der Waals surface area contributed by atoms with Crippen LogP contribution in [-0.4, -0.2) is 14.1 Å². The second-order valence-electron chi connectivity index (χ2n) is 5.16. The zero-order valence-electron chi connectivity index (χ0n) is 12.1. The molecule has 0 aliphatic heterocycles. The van der Waals surface area contributed by atoms with Gasteiger partial charge in [0.15, 0.2) is 0 Å². The van der Waals surface area contributed by atoms with Gasteiger partial charge in [0, 0.05) is 25.8 Å². The van der Waals surface area contributed by atoms with Crippen LogP contribution in [0.4, 0.5) is 10.1 Å². The van der Waals surface area contributed by atoms with E-state index in [-0.39, 0.29) is 11.9 Å². The Morgan fingerprint density at radius 1 is 1.19 bits per heavy atom. The quantitative estimate of drug-likeness (QED) is 0.640. The molecular weight excluding hydrogens is 333 g/mol. The van der Waals surface area contributed by atoms with E-state index in [9.17, 15) is 4.39 Å². The van der Waals surface area contributed by atoms with Crippen molar-refractivity contribution in [3.8, 4) is 0 Å². The average molecular weight is 352 g/mol. The van der Waals surface area contributed by atoms with Gasteiger partial charge in [-0.15, -0.1) is 0 Å². The minimum absolute atomic E-state index is 0.0152. The highest BCUT2D eigenvalue weighted by Crippen LogP contribution is 2.23. The Morgan fingerprint density at radius 3 is 2.38 bits per heavy atom. The van der Waals surface area contributed by atoms with Gasteiger partial charge in [-0.25, -0.2) is 4.39 Å². The molecule has 1 unspecified atom stereocenters. The number of halogens is 2. The molecule has 0 spiro atoms. The topological polar surface area (TPSA) is 41.3 Å². The fourth-order valence-electron chi connectivity index (χ4n) is 2.18. The molecule has 3 N–H and O–H groups in total. The Morgan fingerprint density at radius 2 is 1.86 bits per heavy atom. The summed E-state index contributed by atoms with van der Waals surface area (Å²) in [4.78, 5) is 2.05. The van der Waals surface area contributed by atoms with E-state index in [1.54, 1.807) is 12.1 Å². The summed E-state index contributed by atoms with van der Waals surface area (Å²) in [5.41, 5.74) is 6.08. The van der Waals surface area contributed by atoms with E-state index in [0.717, 1.165) is 16.8 Å². The summed E-state index contributed by atoms with van der Waals surface area (Å²) in [7, 11) is 4.01. The summed E-state index contributed by atoms with van der Waals surface area (Å²) >= 11 is 3.21. The van der Waals surface area contributed by atoms with E-state index >= 15 is 0 Å². The van der Waals surface area contributed by atoms with Crippen molar-refractivity contribution in [2.75, 3.05) is 19.0 Å². The molecule has 0 heterocycles. The van der Waals surface area contributed by atoms with E-state index in [1.165, 1.54) is 6.07 Å². The van der Waals surface area contributed by atoms with E-state index in [1.807, 2.05) is 19.0 Å². The van der Waals surface area contributed by atoms with Crippen LogP contribution in [0.2, 0.25) is 0 Å². The SMILES string of the molecule is CN(C)c1ccc(C(Cc2ccc(F)c(Br)c2)NN)cc1. The van der Waals surface area contributed by atoms with Crippen molar-refractivity contribution in [1.29, 1.82) is 0 Å². The van der Waals surface area contributed by atoms with Gasteiger partial charge in [0.05, 0.1) is 4.47 Å².